The summed E-state index contributed by atoms with van der Waals surface area (Å²) in [5.41, 5.74) is 10.1. The van der Waals surface area contributed by atoms with Crippen LogP contribution < -0.4 is 0 Å². The largest absolute Gasteiger partial charge is 0.0622 e. The van der Waals surface area contributed by atoms with Crippen LogP contribution in [0.2, 0.25) is 0 Å². The molecule has 0 nitrogen and oxygen atoms in total. The summed E-state index contributed by atoms with van der Waals surface area (Å²) in [6.07, 6.45) is 0. The van der Waals surface area contributed by atoms with Gasteiger partial charge in [-0.05, 0) is 111 Å². The Hall–Kier alpha value is -6.50. The SMILES string of the molecule is c1ccc(-c2c3ccccc3c(-c3cccc(-c4c5ccccc5c(-c5ccc6ccccc6c5)c5ccccc45)c3)c3ccccc23)cc1. The molecule has 0 N–H and O–H groups in total. The molecule has 0 unspecified atom stereocenters. The third-order valence-corrected chi connectivity index (χ3v) is 10.4. The summed E-state index contributed by atoms with van der Waals surface area (Å²) in [5, 5.41) is 12.7. The van der Waals surface area contributed by atoms with Crippen molar-refractivity contribution in [2.24, 2.45) is 0 Å². The maximum Gasteiger partial charge on any atom is -0.00262 e. The van der Waals surface area contributed by atoms with Gasteiger partial charge in [0.05, 0.1) is 0 Å². The Balaban J connectivity index is 1.25. The normalized spacial score (nSPS) is 11.6. The fourth-order valence-corrected chi connectivity index (χ4v) is 8.28. The van der Waals surface area contributed by atoms with Crippen molar-refractivity contribution >= 4 is 53.9 Å². The second-order valence-electron chi connectivity index (χ2n) is 13.2. The average molecular weight is 633 g/mol. The molecule has 0 atom stereocenters. The Labute approximate surface area is 291 Å². The third-order valence-electron chi connectivity index (χ3n) is 10.4. The van der Waals surface area contributed by atoms with Crippen molar-refractivity contribution in [1.29, 1.82) is 0 Å². The van der Waals surface area contributed by atoms with Crippen LogP contribution in [-0.4, -0.2) is 0 Å². The highest BCUT2D eigenvalue weighted by molar-refractivity contribution is 6.23. The molecule has 0 aliphatic rings. The Bertz CT molecular complexity index is 2800. The lowest BCUT2D eigenvalue weighted by Gasteiger charge is -2.20. The molecule has 0 bridgehead atoms. The monoisotopic (exact) mass is 632 g/mol. The first-order chi connectivity index (χ1) is 24.8. The van der Waals surface area contributed by atoms with Crippen molar-refractivity contribution in [2.75, 3.05) is 0 Å². The van der Waals surface area contributed by atoms with E-state index >= 15 is 0 Å². The van der Waals surface area contributed by atoms with E-state index in [0.717, 1.165) is 0 Å². The van der Waals surface area contributed by atoms with Crippen molar-refractivity contribution in [3.05, 3.63) is 194 Å². The van der Waals surface area contributed by atoms with Gasteiger partial charge in [-0.15, -0.1) is 0 Å². The highest BCUT2D eigenvalue weighted by Gasteiger charge is 2.19. The lowest BCUT2D eigenvalue weighted by molar-refractivity contribution is 1.64. The molecule has 0 aliphatic carbocycles. The first-order valence-electron chi connectivity index (χ1n) is 17.4. The zero-order valence-electron chi connectivity index (χ0n) is 27.5. The van der Waals surface area contributed by atoms with E-state index in [4.69, 9.17) is 0 Å². The van der Waals surface area contributed by atoms with Crippen molar-refractivity contribution in [3.63, 3.8) is 0 Å². The molecule has 10 aromatic rings. The lowest BCUT2D eigenvalue weighted by Crippen LogP contribution is -1.93. The second kappa shape index (κ2) is 11.6. The molecule has 0 saturated carbocycles. The number of rotatable bonds is 4. The summed E-state index contributed by atoms with van der Waals surface area (Å²) in [6, 6.07) is 71.3. The van der Waals surface area contributed by atoms with Crippen molar-refractivity contribution in [1.82, 2.24) is 0 Å². The molecule has 0 spiro atoms. The van der Waals surface area contributed by atoms with Crippen LogP contribution in [0.25, 0.3) is 98.4 Å². The van der Waals surface area contributed by atoms with E-state index in [1.54, 1.807) is 0 Å². The molecule has 0 heterocycles. The van der Waals surface area contributed by atoms with Crippen LogP contribution >= 0.6 is 0 Å². The molecule has 0 aromatic heterocycles. The summed E-state index contributed by atoms with van der Waals surface area (Å²) >= 11 is 0. The molecule has 10 rings (SSSR count). The van der Waals surface area contributed by atoms with Crippen LogP contribution in [0.3, 0.4) is 0 Å². The standard InChI is InChI=1S/C50H32/c1-2-16-34(17-3-1)47-39-21-6-8-23-41(39)48(42-24-9-7-22-40(42)47)36-19-14-20-37(32-36)49-43-25-10-12-27-45(43)50(46-28-13-11-26-44(46)49)38-30-29-33-15-4-5-18-35(33)31-38/h1-32H. The zero-order chi connectivity index (χ0) is 33.0. The maximum absolute atomic E-state index is 2.42. The molecule has 0 amide bonds. The van der Waals surface area contributed by atoms with Crippen LogP contribution in [0.1, 0.15) is 0 Å². The fourth-order valence-electron chi connectivity index (χ4n) is 8.28. The third kappa shape index (κ3) is 4.46. The molecule has 0 heteroatoms. The van der Waals surface area contributed by atoms with Gasteiger partial charge >= 0.3 is 0 Å². The van der Waals surface area contributed by atoms with Crippen LogP contribution in [0, 0.1) is 0 Å². The fraction of sp³-hybridized carbons (Fsp3) is 0. The van der Waals surface area contributed by atoms with Gasteiger partial charge in [0.1, 0.15) is 0 Å². The number of hydrogen-bond donors (Lipinski definition) is 0. The van der Waals surface area contributed by atoms with Crippen molar-refractivity contribution in [3.8, 4) is 44.5 Å². The van der Waals surface area contributed by atoms with E-state index in [0.29, 0.717) is 0 Å². The molecule has 0 aliphatic heterocycles. The summed E-state index contributed by atoms with van der Waals surface area (Å²) in [7, 11) is 0. The lowest BCUT2D eigenvalue weighted by atomic mass is 9.83. The molecule has 10 aromatic carbocycles. The minimum absolute atomic E-state index is 1.22. The van der Waals surface area contributed by atoms with Gasteiger partial charge in [0, 0.05) is 0 Å². The van der Waals surface area contributed by atoms with Crippen molar-refractivity contribution < 1.29 is 0 Å². The van der Waals surface area contributed by atoms with Gasteiger partial charge in [0.15, 0.2) is 0 Å². The molecule has 0 fully saturated rings. The quantitative estimate of drug-likeness (QED) is 0.169. The minimum atomic E-state index is 1.22. The minimum Gasteiger partial charge on any atom is -0.0622 e. The van der Waals surface area contributed by atoms with Crippen molar-refractivity contribution in [2.45, 2.75) is 0 Å². The van der Waals surface area contributed by atoms with Gasteiger partial charge in [-0.25, -0.2) is 0 Å². The molecule has 50 heavy (non-hydrogen) atoms. The number of hydrogen-bond acceptors (Lipinski definition) is 0. The molecule has 0 radical (unpaired) electrons. The van der Waals surface area contributed by atoms with E-state index in [1.807, 2.05) is 0 Å². The highest BCUT2D eigenvalue weighted by Crippen LogP contribution is 2.47. The van der Waals surface area contributed by atoms with Crippen LogP contribution in [-0.2, 0) is 0 Å². The van der Waals surface area contributed by atoms with E-state index in [9.17, 15) is 0 Å². The summed E-state index contributed by atoms with van der Waals surface area (Å²) in [4.78, 5) is 0. The van der Waals surface area contributed by atoms with Gasteiger partial charge in [0.25, 0.3) is 0 Å². The van der Waals surface area contributed by atoms with Crippen LogP contribution in [0.15, 0.2) is 194 Å². The molecule has 232 valence electrons. The Morgan fingerprint density at radius 2 is 0.500 bits per heavy atom. The average Bonchev–Trinajstić information content (AvgIpc) is 3.19. The Morgan fingerprint density at radius 3 is 0.940 bits per heavy atom. The predicted octanol–water partition coefficient (Wildman–Crippen LogP) is 14.1. The number of benzene rings is 10. The smallest absolute Gasteiger partial charge is 0.00262 e. The van der Waals surface area contributed by atoms with Crippen LogP contribution in [0.5, 0.6) is 0 Å². The summed E-state index contributed by atoms with van der Waals surface area (Å²) in [6.45, 7) is 0. The first kappa shape index (κ1) is 28.5. The van der Waals surface area contributed by atoms with E-state index in [-0.39, 0.29) is 0 Å². The Kier molecular flexibility index (Phi) is 6.60. The van der Waals surface area contributed by atoms with Gasteiger partial charge in [0.2, 0.25) is 0 Å². The molecular weight excluding hydrogens is 601 g/mol. The zero-order valence-corrected chi connectivity index (χ0v) is 27.5. The molecule has 0 saturated heterocycles. The Morgan fingerprint density at radius 1 is 0.180 bits per heavy atom. The van der Waals surface area contributed by atoms with Gasteiger partial charge in [-0.1, -0.05) is 182 Å². The summed E-state index contributed by atoms with van der Waals surface area (Å²) < 4.78 is 0. The van der Waals surface area contributed by atoms with E-state index in [2.05, 4.69) is 194 Å². The van der Waals surface area contributed by atoms with Gasteiger partial charge < -0.3 is 0 Å². The summed E-state index contributed by atoms with van der Waals surface area (Å²) in [5.74, 6) is 0. The number of fused-ring (bicyclic) bond motifs is 5. The van der Waals surface area contributed by atoms with E-state index in [1.165, 1.54) is 98.4 Å². The van der Waals surface area contributed by atoms with Gasteiger partial charge in [-0.2, -0.15) is 0 Å². The molecular formula is C50H32. The topological polar surface area (TPSA) is 0 Å². The second-order valence-corrected chi connectivity index (χ2v) is 13.2. The maximum atomic E-state index is 2.42. The highest BCUT2D eigenvalue weighted by atomic mass is 14.2. The van der Waals surface area contributed by atoms with Crippen LogP contribution in [0.4, 0.5) is 0 Å². The van der Waals surface area contributed by atoms with E-state index < -0.39 is 0 Å². The first-order valence-corrected chi connectivity index (χ1v) is 17.4. The predicted molar refractivity (Wildman–Crippen MR) is 216 cm³/mol. The van der Waals surface area contributed by atoms with Gasteiger partial charge in [-0.3, -0.25) is 0 Å².